The Bertz CT molecular complexity index is 853. The Balaban J connectivity index is 2.19. The molecule has 0 aliphatic carbocycles. The van der Waals surface area contributed by atoms with Crippen molar-refractivity contribution in [2.45, 2.75) is 50.3 Å². The summed E-state index contributed by atoms with van der Waals surface area (Å²) in [6.45, 7) is 5.04. The zero-order valence-corrected chi connectivity index (χ0v) is 16.5. The molecular formula is C20H21F3N2O6. The van der Waals surface area contributed by atoms with E-state index in [1.807, 2.05) is 5.32 Å². The van der Waals surface area contributed by atoms with Crippen LogP contribution in [0.1, 0.15) is 30.1 Å². The highest BCUT2D eigenvalue weighted by molar-refractivity contribution is 5.90. The molecule has 1 aliphatic heterocycles. The number of carbonyl (C=O) groups is 2. The fourth-order valence-electron chi connectivity index (χ4n) is 3.14. The molecule has 8 nitrogen and oxygen atoms in total. The van der Waals surface area contributed by atoms with Crippen LogP contribution in [0.25, 0.3) is 0 Å². The summed E-state index contributed by atoms with van der Waals surface area (Å²) in [7, 11) is 0. The second-order valence-electron chi connectivity index (χ2n) is 6.85. The van der Waals surface area contributed by atoms with E-state index < -0.39 is 47.3 Å². The number of allylic oxidation sites excluding steroid dienone is 2. The Morgan fingerprint density at radius 3 is 2.55 bits per heavy atom. The zero-order chi connectivity index (χ0) is 23.2. The predicted molar refractivity (Wildman–Crippen MR) is 103 cm³/mol. The summed E-state index contributed by atoms with van der Waals surface area (Å²) in [6.07, 6.45) is -2.40. The van der Waals surface area contributed by atoms with Gasteiger partial charge in [0.1, 0.15) is 6.10 Å². The fourth-order valence-corrected chi connectivity index (χ4v) is 3.14. The molecule has 1 aromatic rings. The van der Waals surface area contributed by atoms with E-state index in [1.165, 1.54) is 25.1 Å². The van der Waals surface area contributed by atoms with E-state index in [0.29, 0.717) is 6.42 Å². The number of rotatable bonds is 7. The van der Waals surface area contributed by atoms with Crippen LogP contribution in [-0.4, -0.2) is 47.3 Å². The topological polar surface area (TPSA) is 108 Å². The monoisotopic (exact) mass is 442 g/mol. The third kappa shape index (κ3) is 6.64. The van der Waals surface area contributed by atoms with Crippen molar-refractivity contribution in [2.24, 2.45) is 0 Å². The van der Waals surface area contributed by atoms with Crippen molar-refractivity contribution in [2.75, 3.05) is 0 Å². The molecule has 2 rings (SSSR count). The van der Waals surface area contributed by atoms with E-state index in [-0.39, 0.29) is 17.7 Å². The molecule has 11 heteroatoms. The van der Waals surface area contributed by atoms with Crippen molar-refractivity contribution < 1.29 is 37.2 Å². The summed E-state index contributed by atoms with van der Waals surface area (Å²) in [5.74, 6) is -3.06. The summed E-state index contributed by atoms with van der Waals surface area (Å²) in [5.41, 5.74) is -0.272. The van der Waals surface area contributed by atoms with E-state index in [9.17, 15) is 32.9 Å². The number of amides is 1. The second kappa shape index (κ2) is 10.2. The largest absolute Gasteiger partial charge is 0.471 e. The summed E-state index contributed by atoms with van der Waals surface area (Å²) in [6, 6.07) is 3.38. The quantitative estimate of drug-likeness (QED) is 0.300. The van der Waals surface area contributed by atoms with Gasteiger partial charge in [-0.05, 0) is 31.9 Å². The number of hydrogen-bond acceptors (Lipinski definition) is 6. The number of nitro benzene ring substituents is 1. The van der Waals surface area contributed by atoms with Gasteiger partial charge in [0.15, 0.2) is 0 Å². The summed E-state index contributed by atoms with van der Waals surface area (Å²) in [5, 5.41) is 12.6. The molecule has 0 spiro atoms. The number of alkyl halides is 3. The van der Waals surface area contributed by atoms with Gasteiger partial charge in [-0.2, -0.15) is 13.2 Å². The van der Waals surface area contributed by atoms with Crippen LogP contribution < -0.4 is 5.32 Å². The predicted octanol–water partition coefficient (Wildman–Crippen LogP) is 3.48. The molecule has 168 valence electrons. The Morgan fingerprint density at radius 1 is 1.35 bits per heavy atom. The van der Waals surface area contributed by atoms with Gasteiger partial charge < -0.3 is 14.8 Å². The average Bonchev–Trinajstić information content (AvgIpc) is 2.70. The Labute approximate surface area is 175 Å². The highest BCUT2D eigenvalue weighted by Gasteiger charge is 2.45. The molecule has 0 bridgehead atoms. The molecule has 31 heavy (non-hydrogen) atoms. The van der Waals surface area contributed by atoms with Gasteiger partial charge in [0, 0.05) is 12.1 Å². The molecule has 1 aromatic carbocycles. The van der Waals surface area contributed by atoms with Crippen molar-refractivity contribution in [3.63, 3.8) is 0 Å². The molecule has 0 aromatic heterocycles. The van der Waals surface area contributed by atoms with Crippen LogP contribution in [0.2, 0.25) is 0 Å². The van der Waals surface area contributed by atoms with Crippen LogP contribution in [0.4, 0.5) is 18.9 Å². The summed E-state index contributed by atoms with van der Waals surface area (Å²) in [4.78, 5) is 34.0. The average molecular weight is 442 g/mol. The van der Waals surface area contributed by atoms with Crippen LogP contribution in [0.3, 0.4) is 0 Å². The Hall–Kier alpha value is -3.21. The van der Waals surface area contributed by atoms with Crippen LogP contribution in [0, 0.1) is 10.1 Å². The number of halogens is 3. The minimum Gasteiger partial charge on any atom is -0.454 e. The van der Waals surface area contributed by atoms with Gasteiger partial charge in [0.05, 0.1) is 28.7 Å². The molecule has 1 fully saturated rings. The maximum absolute atomic E-state index is 12.8. The minimum atomic E-state index is -5.10. The molecule has 0 radical (unpaired) electrons. The van der Waals surface area contributed by atoms with Gasteiger partial charge in [-0.15, -0.1) is 0 Å². The highest BCUT2D eigenvalue weighted by atomic mass is 19.4. The first kappa shape index (κ1) is 24.1. The lowest BCUT2D eigenvalue weighted by Gasteiger charge is -2.40. The van der Waals surface area contributed by atoms with Crippen LogP contribution in [0.5, 0.6) is 0 Å². The number of nitrogens with one attached hydrogen (secondary N) is 1. The lowest BCUT2D eigenvalue weighted by molar-refractivity contribution is -0.384. The standard InChI is InChI=1S/C20H21F3N2O6/c1-3-4-5-6-15-11-16(24-19(27)20(21,22)23)17(12(2)30-15)31-18(26)13-7-9-14(10-8-13)25(28)29/h3-5,7-10,12,15-17H,1,6,11H2,2H3,(H,24,27)/b5-4+/t12-,15+,16+,17+/m1/s1. The van der Waals surface area contributed by atoms with E-state index in [0.717, 1.165) is 12.1 Å². The molecule has 0 saturated carbocycles. The summed E-state index contributed by atoms with van der Waals surface area (Å²) < 4.78 is 49.4. The van der Waals surface area contributed by atoms with E-state index in [2.05, 4.69) is 6.58 Å². The van der Waals surface area contributed by atoms with Crippen LogP contribution >= 0.6 is 0 Å². The Kier molecular flexibility index (Phi) is 7.92. The molecule has 1 heterocycles. The third-order valence-corrected chi connectivity index (χ3v) is 4.59. The molecule has 0 unspecified atom stereocenters. The maximum atomic E-state index is 12.8. The van der Waals surface area contributed by atoms with Crippen molar-refractivity contribution in [3.05, 3.63) is 64.8 Å². The van der Waals surface area contributed by atoms with Gasteiger partial charge in [0.25, 0.3) is 5.69 Å². The van der Waals surface area contributed by atoms with Crippen molar-refractivity contribution in [3.8, 4) is 0 Å². The number of esters is 1. The number of nitrogens with zero attached hydrogens (tertiary/aromatic N) is 1. The molecule has 1 amide bonds. The number of benzene rings is 1. The van der Waals surface area contributed by atoms with Gasteiger partial charge in [-0.25, -0.2) is 4.79 Å². The van der Waals surface area contributed by atoms with Gasteiger partial charge in [-0.1, -0.05) is 24.8 Å². The SMILES string of the molecule is C=C/C=C/C[C@H]1C[C@H](NC(=O)C(F)(F)F)[C@@H](OC(=O)c2ccc([N+](=O)[O-])cc2)[C@@H](C)O1. The first-order valence-corrected chi connectivity index (χ1v) is 9.29. The number of ether oxygens (including phenoxy) is 2. The number of carbonyl (C=O) groups excluding carboxylic acids is 2. The van der Waals surface area contributed by atoms with Crippen LogP contribution in [-0.2, 0) is 14.3 Å². The third-order valence-electron chi connectivity index (χ3n) is 4.59. The van der Waals surface area contributed by atoms with E-state index in [4.69, 9.17) is 9.47 Å². The molecule has 1 aliphatic rings. The van der Waals surface area contributed by atoms with Gasteiger partial charge in [0.2, 0.25) is 0 Å². The maximum Gasteiger partial charge on any atom is 0.471 e. The van der Waals surface area contributed by atoms with Crippen molar-refractivity contribution in [1.29, 1.82) is 0 Å². The number of nitro groups is 1. The zero-order valence-electron chi connectivity index (χ0n) is 16.5. The molecular weight excluding hydrogens is 421 g/mol. The second-order valence-corrected chi connectivity index (χ2v) is 6.85. The minimum absolute atomic E-state index is 0.0220. The van der Waals surface area contributed by atoms with Crippen molar-refractivity contribution in [1.82, 2.24) is 5.32 Å². The normalized spacial score (nSPS) is 23.9. The van der Waals surface area contributed by atoms with E-state index in [1.54, 1.807) is 12.2 Å². The highest BCUT2D eigenvalue weighted by Crippen LogP contribution is 2.27. The smallest absolute Gasteiger partial charge is 0.454 e. The fraction of sp³-hybridized carbons (Fsp3) is 0.400. The first-order chi connectivity index (χ1) is 14.5. The van der Waals surface area contributed by atoms with Gasteiger partial charge in [-0.3, -0.25) is 14.9 Å². The summed E-state index contributed by atoms with van der Waals surface area (Å²) >= 11 is 0. The lowest BCUT2D eigenvalue weighted by Crippen LogP contribution is -2.58. The number of non-ortho nitro benzene ring substituents is 1. The van der Waals surface area contributed by atoms with Crippen LogP contribution in [0.15, 0.2) is 49.1 Å². The molecule has 4 atom stereocenters. The Morgan fingerprint density at radius 2 is 2.00 bits per heavy atom. The molecule has 1 N–H and O–H groups in total. The van der Waals surface area contributed by atoms with Crippen molar-refractivity contribution >= 4 is 17.6 Å². The lowest BCUT2D eigenvalue weighted by atomic mass is 9.94. The van der Waals surface area contributed by atoms with E-state index >= 15 is 0 Å². The first-order valence-electron chi connectivity index (χ1n) is 9.29. The molecule has 1 saturated heterocycles. The van der Waals surface area contributed by atoms with Gasteiger partial charge >= 0.3 is 18.1 Å². The number of hydrogen-bond donors (Lipinski definition) is 1.